The number of halogens is 2. The number of phenols is 2. The quantitative estimate of drug-likeness (QED) is 0.599. The first-order chi connectivity index (χ1) is 12.9. The van der Waals surface area contributed by atoms with Gasteiger partial charge >= 0.3 is 5.97 Å². The molecule has 0 radical (unpaired) electrons. The minimum atomic E-state index is -0.738. The van der Waals surface area contributed by atoms with Gasteiger partial charge in [0.15, 0.2) is 5.22 Å². The Hall–Kier alpha value is -2.64. The lowest BCUT2D eigenvalue weighted by atomic mass is 10.0. The van der Waals surface area contributed by atoms with Crippen LogP contribution in [0.1, 0.15) is 27.5 Å². The number of phenolic OH excluding ortho intramolecular Hbond substituents is 2. The number of hydrogen-bond donors (Lipinski definition) is 2. The van der Waals surface area contributed by atoms with Crippen LogP contribution in [0.3, 0.4) is 0 Å². The van der Waals surface area contributed by atoms with Gasteiger partial charge in [-0.05, 0) is 35.7 Å². The molecule has 0 saturated carbocycles. The summed E-state index contributed by atoms with van der Waals surface area (Å²) in [6, 6.07) is 4.44. The Balaban J connectivity index is 1.86. The van der Waals surface area contributed by atoms with Gasteiger partial charge in [-0.1, -0.05) is 11.6 Å². The van der Waals surface area contributed by atoms with E-state index >= 15 is 0 Å². The molecule has 2 aromatic heterocycles. The fourth-order valence-electron chi connectivity index (χ4n) is 2.80. The maximum absolute atomic E-state index is 12.0. The van der Waals surface area contributed by atoms with Gasteiger partial charge < -0.3 is 23.9 Å². The van der Waals surface area contributed by atoms with E-state index in [0.29, 0.717) is 29.8 Å². The number of esters is 1. The van der Waals surface area contributed by atoms with Crippen molar-refractivity contribution in [3.05, 3.63) is 63.5 Å². The van der Waals surface area contributed by atoms with Crippen LogP contribution in [-0.4, -0.2) is 32.8 Å². The van der Waals surface area contributed by atoms with Crippen LogP contribution in [0, 0.1) is 0 Å². The first-order valence-electron chi connectivity index (χ1n) is 7.96. The predicted molar refractivity (Wildman–Crippen MR) is 98.6 cm³/mol. The Kier molecular flexibility index (Phi) is 5.62. The standard InChI is InChI=1S/C18H16Cl2N2O5/c1-26-18(25)16-11(17(20)13(24)8-12(16)23)3-5-15-21-6-7-22(15)9-10-2-4-14(19)27-10/h2,4,6-8,23-24H,3,5,9H2,1H3. The van der Waals surface area contributed by atoms with E-state index in [1.165, 1.54) is 7.11 Å². The molecule has 7 nitrogen and oxygen atoms in total. The number of hydrogen-bond acceptors (Lipinski definition) is 6. The lowest BCUT2D eigenvalue weighted by Crippen LogP contribution is -2.10. The van der Waals surface area contributed by atoms with Crippen LogP contribution in [-0.2, 0) is 24.1 Å². The number of carbonyl (C=O) groups excluding carboxylic acids is 1. The third-order valence-electron chi connectivity index (χ3n) is 4.07. The minimum absolute atomic E-state index is 0.0101. The van der Waals surface area contributed by atoms with Crippen molar-refractivity contribution in [1.29, 1.82) is 0 Å². The maximum Gasteiger partial charge on any atom is 0.341 e. The van der Waals surface area contributed by atoms with Crippen LogP contribution in [0.5, 0.6) is 11.5 Å². The fraction of sp³-hybridized carbons (Fsp3) is 0.222. The summed E-state index contributed by atoms with van der Waals surface area (Å²) in [6.07, 6.45) is 4.08. The molecular weight excluding hydrogens is 395 g/mol. The van der Waals surface area contributed by atoms with Crippen molar-refractivity contribution in [3.8, 4) is 11.5 Å². The molecular formula is C18H16Cl2N2O5. The number of imidazole rings is 1. The SMILES string of the molecule is COC(=O)c1c(O)cc(O)c(Cl)c1CCc1nccn1Cc1ccc(Cl)o1. The highest BCUT2D eigenvalue weighted by Gasteiger charge is 2.23. The highest BCUT2D eigenvalue weighted by Crippen LogP contribution is 2.37. The second-order valence-electron chi connectivity index (χ2n) is 5.75. The van der Waals surface area contributed by atoms with Crippen LogP contribution >= 0.6 is 23.2 Å². The fourth-order valence-corrected chi connectivity index (χ4v) is 3.21. The zero-order valence-corrected chi connectivity index (χ0v) is 15.8. The number of methoxy groups -OCH3 is 1. The first kappa shape index (κ1) is 19.1. The highest BCUT2D eigenvalue weighted by atomic mass is 35.5. The van der Waals surface area contributed by atoms with Gasteiger partial charge in [0.1, 0.15) is 28.6 Å². The van der Waals surface area contributed by atoms with Crippen LogP contribution in [0.25, 0.3) is 0 Å². The molecule has 0 bridgehead atoms. The molecule has 0 atom stereocenters. The van der Waals surface area contributed by atoms with Gasteiger partial charge in [0.2, 0.25) is 0 Å². The van der Waals surface area contributed by atoms with Crippen LogP contribution in [0.4, 0.5) is 0 Å². The molecule has 3 aromatic rings. The molecule has 0 aliphatic rings. The van der Waals surface area contributed by atoms with E-state index in [2.05, 4.69) is 4.98 Å². The molecule has 0 fully saturated rings. The van der Waals surface area contributed by atoms with Gasteiger partial charge in [0, 0.05) is 24.9 Å². The second kappa shape index (κ2) is 7.94. The highest BCUT2D eigenvalue weighted by molar-refractivity contribution is 6.33. The number of aromatic hydroxyl groups is 2. The molecule has 2 N–H and O–H groups in total. The predicted octanol–water partition coefficient (Wildman–Crippen LogP) is 3.81. The largest absolute Gasteiger partial charge is 0.507 e. The number of aromatic nitrogens is 2. The van der Waals surface area contributed by atoms with E-state index in [-0.39, 0.29) is 28.3 Å². The van der Waals surface area contributed by atoms with Crippen molar-refractivity contribution >= 4 is 29.2 Å². The smallest absolute Gasteiger partial charge is 0.341 e. The Morgan fingerprint density at radius 2 is 2.04 bits per heavy atom. The van der Waals surface area contributed by atoms with E-state index < -0.39 is 11.7 Å². The Morgan fingerprint density at radius 1 is 1.26 bits per heavy atom. The summed E-state index contributed by atoms with van der Waals surface area (Å²) in [5.74, 6) is -0.0737. The summed E-state index contributed by atoms with van der Waals surface area (Å²) >= 11 is 12.0. The first-order valence-corrected chi connectivity index (χ1v) is 8.72. The van der Waals surface area contributed by atoms with E-state index in [1.807, 2.05) is 4.57 Å². The Bertz CT molecular complexity index is 980. The normalized spacial score (nSPS) is 10.9. The summed E-state index contributed by atoms with van der Waals surface area (Å²) in [6.45, 7) is 0.435. The summed E-state index contributed by atoms with van der Waals surface area (Å²) in [5.41, 5.74) is 0.216. The van der Waals surface area contributed by atoms with Gasteiger partial charge in [-0.25, -0.2) is 9.78 Å². The van der Waals surface area contributed by atoms with Gasteiger partial charge in [0.05, 0.1) is 18.7 Å². The molecule has 0 saturated heterocycles. The molecule has 0 spiro atoms. The Labute approximate surface area is 164 Å². The minimum Gasteiger partial charge on any atom is -0.507 e. The summed E-state index contributed by atoms with van der Waals surface area (Å²) in [7, 11) is 1.20. The number of furan rings is 1. The molecule has 2 heterocycles. The molecule has 3 rings (SSSR count). The van der Waals surface area contributed by atoms with Crippen molar-refractivity contribution < 1.29 is 24.2 Å². The van der Waals surface area contributed by atoms with E-state index in [4.69, 9.17) is 32.4 Å². The number of nitrogens with zero attached hydrogens (tertiary/aromatic N) is 2. The third kappa shape index (κ3) is 4.04. The number of ether oxygens (including phenoxy) is 1. The molecule has 142 valence electrons. The van der Waals surface area contributed by atoms with Crippen molar-refractivity contribution in [2.45, 2.75) is 19.4 Å². The third-order valence-corrected chi connectivity index (χ3v) is 4.69. The molecule has 1 aromatic carbocycles. The van der Waals surface area contributed by atoms with E-state index in [0.717, 1.165) is 6.07 Å². The maximum atomic E-state index is 12.0. The van der Waals surface area contributed by atoms with Gasteiger partial charge in [-0.2, -0.15) is 0 Å². The molecule has 27 heavy (non-hydrogen) atoms. The number of carbonyl (C=O) groups is 1. The van der Waals surface area contributed by atoms with Gasteiger partial charge in [0.25, 0.3) is 0 Å². The molecule has 0 aliphatic heterocycles. The lowest BCUT2D eigenvalue weighted by Gasteiger charge is -2.13. The average molecular weight is 411 g/mol. The number of benzene rings is 1. The number of aryl methyl sites for hydroxylation is 1. The molecule has 0 unspecified atom stereocenters. The van der Waals surface area contributed by atoms with Crippen molar-refractivity contribution in [2.24, 2.45) is 0 Å². The van der Waals surface area contributed by atoms with Crippen LogP contribution in [0.15, 0.2) is 35.0 Å². The van der Waals surface area contributed by atoms with Crippen LogP contribution < -0.4 is 0 Å². The number of rotatable bonds is 6. The van der Waals surface area contributed by atoms with Crippen molar-refractivity contribution in [2.75, 3.05) is 7.11 Å². The zero-order chi connectivity index (χ0) is 19.6. The van der Waals surface area contributed by atoms with Crippen LogP contribution in [0.2, 0.25) is 10.2 Å². The second-order valence-corrected chi connectivity index (χ2v) is 6.50. The Morgan fingerprint density at radius 3 is 2.70 bits per heavy atom. The summed E-state index contributed by atoms with van der Waals surface area (Å²) in [4.78, 5) is 16.3. The van der Waals surface area contributed by atoms with Gasteiger partial charge in [-0.15, -0.1) is 0 Å². The molecule has 0 amide bonds. The van der Waals surface area contributed by atoms with E-state index in [1.54, 1.807) is 24.5 Å². The van der Waals surface area contributed by atoms with E-state index in [9.17, 15) is 15.0 Å². The average Bonchev–Trinajstić information content (AvgIpc) is 3.25. The lowest BCUT2D eigenvalue weighted by molar-refractivity contribution is 0.0596. The topological polar surface area (TPSA) is 97.7 Å². The monoisotopic (exact) mass is 410 g/mol. The molecule has 9 heteroatoms. The summed E-state index contributed by atoms with van der Waals surface area (Å²) < 4.78 is 11.9. The van der Waals surface area contributed by atoms with Crippen molar-refractivity contribution in [1.82, 2.24) is 9.55 Å². The molecule has 0 aliphatic carbocycles. The van der Waals surface area contributed by atoms with Gasteiger partial charge in [-0.3, -0.25) is 0 Å². The zero-order valence-electron chi connectivity index (χ0n) is 14.3. The van der Waals surface area contributed by atoms with Crippen molar-refractivity contribution in [3.63, 3.8) is 0 Å². The summed E-state index contributed by atoms with van der Waals surface area (Å²) in [5, 5.41) is 20.2.